The van der Waals surface area contributed by atoms with Crippen molar-refractivity contribution in [1.82, 2.24) is 9.27 Å². The number of piperazine rings is 1. The van der Waals surface area contributed by atoms with Crippen LogP contribution in [0.25, 0.3) is 0 Å². The van der Waals surface area contributed by atoms with Crippen LogP contribution in [-0.4, -0.2) is 48.0 Å². The molecule has 100 valence electrons. The number of amides is 1. The summed E-state index contributed by atoms with van der Waals surface area (Å²) in [6, 6.07) is 0. The molecule has 0 spiro atoms. The normalized spacial score (nSPS) is 15.9. The van der Waals surface area contributed by atoms with E-state index in [1.54, 1.807) is 6.92 Å². The summed E-state index contributed by atoms with van der Waals surface area (Å²) in [6.07, 6.45) is 0. The van der Waals surface area contributed by atoms with Gasteiger partial charge in [-0.25, -0.2) is 0 Å². The highest BCUT2D eigenvalue weighted by molar-refractivity contribution is 7.11. The van der Waals surface area contributed by atoms with Crippen LogP contribution < -0.4 is 15.4 Å². The second-order valence-corrected chi connectivity index (χ2v) is 4.88. The zero-order valence-electron chi connectivity index (χ0n) is 10.7. The van der Waals surface area contributed by atoms with Gasteiger partial charge in [0.05, 0.1) is 6.61 Å². The molecule has 2 N–H and O–H groups in total. The molecule has 0 bridgehead atoms. The largest absolute Gasteiger partial charge is 0.487 e. The molecule has 0 saturated carbocycles. The number of aromatic nitrogens is 1. The maximum atomic E-state index is 11.3. The van der Waals surface area contributed by atoms with Crippen molar-refractivity contribution < 1.29 is 9.53 Å². The van der Waals surface area contributed by atoms with E-state index in [1.165, 1.54) is 11.5 Å². The zero-order valence-corrected chi connectivity index (χ0v) is 11.5. The molecule has 0 aliphatic carbocycles. The fraction of sp³-hybridized carbons (Fsp3) is 0.636. The zero-order chi connectivity index (χ0) is 13.1. The predicted octanol–water partition coefficient (Wildman–Crippen LogP) is 0.792. The van der Waals surface area contributed by atoms with Crippen LogP contribution in [0.4, 0.5) is 10.8 Å². The van der Waals surface area contributed by atoms with E-state index in [4.69, 9.17) is 10.5 Å². The third-order valence-corrected chi connectivity index (χ3v) is 3.86. The van der Waals surface area contributed by atoms with Crippen LogP contribution in [0.2, 0.25) is 0 Å². The molecule has 0 aromatic carbocycles. The van der Waals surface area contributed by atoms with Crippen molar-refractivity contribution in [3.63, 3.8) is 0 Å². The number of hydrogen-bond donors (Lipinski definition) is 1. The van der Waals surface area contributed by atoms with Gasteiger partial charge >= 0.3 is 0 Å². The standard InChI is InChI=1S/C11H18N4O2S/c1-3-17-9-10(12)13-18-11(9)15-6-4-14(5-7-15)8(2)16/h3-7H2,1-2H3,(H2,12,13). The van der Waals surface area contributed by atoms with Gasteiger partial charge in [-0.2, -0.15) is 4.37 Å². The molecule has 1 aromatic rings. The molecule has 0 atom stereocenters. The third-order valence-electron chi connectivity index (χ3n) is 2.96. The number of nitrogens with zero attached hydrogens (tertiary/aromatic N) is 3. The van der Waals surface area contributed by atoms with Gasteiger partial charge < -0.3 is 20.3 Å². The molecule has 1 aromatic heterocycles. The molecule has 1 saturated heterocycles. The Morgan fingerprint density at radius 2 is 2.11 bits per heavy atom. The number of nitrogen functional groups attached to an aromatic ring is 1. The first-order chi connectivity index (χ1) is 8.63. The van der Waals surface area contributed by atoms with Crippen molar-refractivity contribution in [3.05, 3.63) is 0 Å². The van der Waals surface area contributed by atoms with Gasteiger partial charge in [-0.15, -0.1) is 0 Å². The quantitative estimate of drug-likeness (QED) is 0.879. The van der Waals surface area contributed by atoms with Crippen molar-refractivity contribution in [3.8, 4) is 5.75 Å². The molecule has 2 rings (SSSR count). The van der Waals surface area contributed by atoms with Crippen LogP contribution in [-0.2, 0) is 4.79 Å². The average molecular weight is 270 g/mol. The summed E-state index contributed by atoms with van der Waals surface area (Å²) in [5.41, 5.74) is 5.79. The van der Waals surface area contributed by atoms with Crippen LogP contribution in [0.1, 0.15) is 13.8 Å². The van der Waals surface area contributed by atoms with Crippen LogP contribution >= 0.6 is 11.5 Å². The second-order valence-electron chi connectivity index (χ2n) is 4.13. The Hall–Kier alpha value is -1.50. The number of carbonyl (C=O) groups excluding carboxylic acids is 1. The lowest BCUT2D eigenvalue weighted by Gasteiger charge is -2.34. The Morgan fingerprint density at radius 3 is 2.67 bits per heavy atom. The maximum absolute atomic E-state index is 11.3. The molecule has 6 nitrogen and oxygen atoms in total. The van der Waals surface area contributed by atoms with E-state index in [0.29, 0.717) is 18.2 Å². The number of rotatable bonds is 3. The Labute approximate surface area is 110 Å². The molecule has 1 aliphatic rings. The number of nitrogens with two attached hydrogens (primary N) is 1. The topological polar surface area (TPSA) is 71.7 Å². The van der Waals surface area contributed by atoms with Gasteiger partial charge in [0.15, 0.2) is 16.6 Å². The molecule has 1 fully saturated rings. The number of hydrogen-bond acceptors (Lipinski definition) is 6. The van der Waals surface area contributed by atoms with Crippen LogP contribution in [0, 0.1) is 0 Å². The van der Waals surface area contributed by atoms with E-state index in [-0.39, 0.29) is 5.91 Å². The lowest BCUT2D eigenvalue weighted by atomic mass is 10.3. The highest BCUT2D eigenvalue weighted by atomic mass is 32.1. The van der Waals surface area contributed by atoms with Crippen molar-refractivity contribution >= 4 is 28.3 Å². The van der Waals surface area contributed by atoms with E-state index in [2.05, 4.69) is 9.27 Å². The molecular weight excluding hydrogens is 252 g/mol. The highest BCUT2D eigenvalue weighted by Crippen LogP contribution is 2.38. The second kappa shape index (κ2) is 5.43. The number of anilines is 2. The summed E-state index contributed by atoms with van der Waals surface area (Å²) in [5.74, 6) is 1.26. The van der Waals surface area contributed by atoms with Crippen molar-refractivity contribution in [2.75, 3.05) is 43.4 Å². The molecule has 1 aliphatic heterocycles. The molecule has 1 amide bonds. The van der Waals surface area contributed by atoms with Crippen LogP contribution in [0.15, 0.2) is 0 Å². The van der Waals surface area contributed by atoms with Gasteiger partial charge in [0.25, 0.3) is 0 Å². The van der Waals surface area contributed by atoms with Gasteiger partial charge in [0, 0.05) is 33.1 Å². The fourth-order valence-electron chi connectivity index (χ4n) is 1.99. The Bertz CT molecular complexity index is 427. The summed E-state index contributed by atoms with van der Waals surface area (Å²) >= 11 is 1.35. The first kappa shape index (κ1) is 12.9. The van der Waals surface area contributed by atoms with E-state index in [1.807, 2.05) is 11.8 Å². The van der Waals surface area contributed by atoms with E-state index >= 15 is 0 Å². The lowest BCUT2D eigenvalue weighted by molar-refractivity contribution is -0.129. The molecule has 2 heterocycles. The SMILES string of the molecule is CCOc1c(N)nsc1N1CCN(C(C)=O)CC1. The van der Waals surface area contributed by atoms with Crippen LogP contribution in [0.3, 0.4) is 0 Å². The van der Waals surface area contributed by atoms with Gasteiger partial charge in [-0.1, -0.05) is 0 Å². The van der Waals surface area contributed by atoms with Gasteiger partial charge in [0.1, 0.15) is 0 Å². The molecule has 18 heavy (non-hydrogen) atoms. The first-order valence-corrected chi connectivity index (χ1v) is 6.79. The third kappa shape index (κ3) is 2.50. The fourth-order valence-corrected chi connectivity index (χ4v) is 2.80. The van der Waals surface area contributed by atoms with Crippen molar-refractivity contribution in [2.45, 2.75) is 13.8 Å². The van der Waals surface area contributed by atoms with E-state index in [0.717, 1.165) is 31.2 Å². The maximum Gasteiger partial charge on any atom is 0.219 e. The van der Waals surface area contributed by atoms with Crippen molar-refractivity contribution in [1.29, 1.82) is 0 Å². The summed E-state index contributed by atoms with van der Waals surface area (Å²) in [6.45, 7) is 7.16. The summed E-state index contributed by atoms with van der Waals surface area (Å²) in [5, 5.41) is 0.970. The number of ether oxygens (including phenoxy) is 1. The first-order valence-electron chi connectivity index (χ1n) is 6.02. The Morgan fingerprint density at radius 1 is 1.44 bits per heavy atom. The molecular formula is C11H18N4O2S. The predicted molar refractivity (Wildman–Crippen MR) is 72.2 cm³/mol. The summed E-state index contributed by atoms with van der Waals surface area (Å²) in [7, 11) is 0. The minimum Gasteiger partial charge on any atom is -0.487 e. The van der Waals surface area contributed by atoms with E-state index in [9.17, 15) is 4.79 Å². The van der Waals surface area contributed by atoms with Gasteiger partial charge in [-0.3, -0.25) is 4.79 Å². The Balaban J connectivity index is 2.07. The minimum absolute atomic E-state index is 0.128. The lowest BCUT2D eigenvalue weighted by Crippen LogP contribution is -2.48. The highest BCUT2D eigenvalue weighted by Gasteiger charge is 2.24. The van der Waals surface area contributed by atoms with Crippen LogP contribution in [0.5, 0.6) is 5.75 Å². The smallest absolute Gasteiger partial charge is 0.219 e. The summed E-state index contributed by atoms with van der Waals surface area (Å²) < 4.78 is 9.67. The monoisotopic (exact) mass is 270 g/mol. The van der Waals surface area contributed by atoms with Gasteiger partial charge in [0.2, 0.25) is 5.91 Å². The number of carbonyl (C=O) groups is 1. The summed E-state index contributed by atoms with van der Waals surface area (Å²) in [4.78, 5) is 15.3. The van der Waals surface area contributed by atoms with Crippen molar-refractivity contribution in [2.24, 2.45) is 0 Å². The Kier molecular flexibility index (Phi) is 3.90. The van der Waals surface area contributed by atoms with E-state index < -0.39 is 0 Å². The molecule has 0 unspecified atom stereocenters. The minimum atomic E-state index is 0.128. The molecule has 0 radical (unpaired) electrons. The molecule has 7 heteroatoms. The van der Waals surface area contributed by atoms with Gasteiger partial charge in [-0.05, 0) is 18.5 Å². The average Bonchev–Trinajstić information content (AvgIpc) is 2.72.